The summed E-state index contributed by atoms with van der Waals surface area (Å²) in [5.74, 6) is -1.95. The van der Waals surface area contributed by atoms with Gasteiger partial charge in [-0.3, -0.25) is 0 Å². The summed E-state index contributed by atoms with van der Waals surface area (Å²) in [6.07, 6.45) is -4.85. The molecule has 0 amide bonds. The molecule has 4 nitrogen and oxygen atoms in total. The maximum Gasteiger partial charge on any atom is 0.573 e. The van der Waals surface area contributed by atoms with Gasteiger partial charge in [0.1, 0.15) is 6.04 Å². The Bertz CT molecular complexity index is 491. The number of carbonyl (C=O) groups is 1. The van der Waals surface area contributed by atoms with E-state index in [0.717, 1.165) is 6.07 Å². The quantitative estimate of drug-likeness (QED) is 0.841. The Morgan fingerprint density at radius 3 is 2.45 bits per heavy atom. The monoisotopic (exact) mass is 355 g/mol. The van der Waals surface area contributed by atoms with Crippen molar-refractivity contribution in [3.05, 3.63) is 22.7 Å². The van der Waals surface area contributed by atoms with Gasteiger partial charge in [0, 0.05) is 4.47 Å². The third-order valence-corrected chi connectivity index (χ3v) is 2.91. The second-order valence-corrected chi connectivity index (χ2v) is 5.31. The SMILES string of the molecule is CC(C)C(Nc1ccc(Br)cc1OC(F)(F)F)C(=O)O. The molecule has 112 valence electrons. The zero-order chi connectivity index (χ0) is 15.5. The van der Waals surface area contributed by atoms with Crippen molar-refractivity contribution in [1.82, 2.24) is 0 Å². The maximum absolute atomic E-state index is 12.3. The summed E-state index contributed by atoms with van der Waals surface area (Å²) in [5.41, 5.74) is -0.0355. The Morgan fingerprint density at radius 2 is 2.00 bits per heavy atom. The molecule has 0 aliphatic heterocycles. The summed E-state index contributed by atoms with van der Waals surface area (Å²) in [5, 5.41) is 11.6. The van der Waals surface area contributed by atoms with Crippen LogP contribution in [-0.2, 0) is 4.79 Å². The van der Waals surface area contributed by atoms with E-state index in [1.807, 2.05) is 0 Å². The normalized spacial score (nSPS) is 13.2. The molecule has 0 saturated carbocycles. The number of ether oxygens (including phenoxy) is 1. The Hall–Kier alpha value is -1.44. The molecule has 1 unspecified atom stereocenters. The lowest BCUT2D eigenvalue weighted by Crippen LogP contribution is -2.34. The highest BCUT2D eigenvalue weighted by Crippen LogP contribution is 2.33. The zero-order valence-electron chi connectivity index (χ0n) is 10.7. The number of nitrogens with one attached hydrogen (secondary N) is 1. The van der Waals surface area contributed by atoms with Gasteiger partial charge in [-0.1, -0.05) is 29.8 Å². The fourth-order valence-corrected chi connectivity index (χ4v) is 1.85. The largest absolute Gasteiger partial charge is 0.573 e. The predicted octanol–water partition coefficient (Wildman–Crippen LogP) is 3.87. The summed E-state index contributed by atoms with van der Waals surface area (Å²) in [4.78, 5) is 11.1. The first-order valence-electron chi connectivity index (χ1n) is 5.65. The van der Waals surface area contributed by atoms with E-state index in [4.69, 9.17) is 5.11 Å². The number of alkyl halides is 3. The Labute approximate surface area is 122 Å². The second kappa shape index (κ2) is 6.34. The molecule has 0 spiro atoms. The van der Waals surface area contributed by atoms with E-state index < -0.39 is 24.1 Å². The molecule has 0 radical (unpaired) electrons. The van der Waals surface area contributed by atoms with Crippen LogP contribution in [0.3, 0.4) is 0 Å². The minimum atomic E-state index is -4.85. The van der Waals surface area contributed by atoms with Gasteiger partial charge in [-0.15, -0.1) is 13.2 Å². The molecule has 0 saturated heterocycles. The first kappa shape index (κ1) is 16.6. The molecule has 0 heterocycles. The number of benzene rings is 1. The fraction of sp³-hybridized carbons (Fsp3) is 0.417. The lowest BCUT2D eigenvalue weighted by atomic mass is 10.0. The molecule has 0 fully saturated rings. The smallest absolute Gasteiger partial charge is 0.480 e. The molecule has 1 aromatic rings. The van der Waals surface area contributed by atoms with Crippen molar-refractivity contribution in [1.29, 1.82) is 0 Å². The Balaban J connectivity index is 3.08. The van der Waals surface area contributed by atoms with E-state index in [0.29, 0.717) is 4.47 Å². The van der Waals surface area contributed by atoms with Gasteiger partial charge in [0.2, 0.25) is 0 Å². The number of anilines is 1. The number of carboxylic acids is 1. The number of hydrogen-bond donors (Lipinski definition) is 2. The van der Waals surface area contributed by atoms with Crippen LogP contribution in [0.2, 0.25) is 0 Å². The van der Waals surface area contributed by atoms with Crippen molar-refractivity contribution in [3.8, 4) is 5.75 Å². The number of hydrogen-bond acceptors (Lipinski definition) is 3. The van der Waals surface area contributed by atoms with Crippen molar-refractivity contribution < 1.29 is 27.8 Å². The minimum absolute atomic E-state index is 0.0355. The molecule has 1 rings (SSSR count). The Kier molecular flexibility index (Phi) is 5.27. The van der Waals surface area contributed by atoms with Gasteiger partial charge in [-0.05, 0) is 24.1 Å². The maximum atomic E-state index is 12.3. The van der Waals surface area contributed by atoms with Gasteiger partial charge in [0.25, 0.3) is 0 Å². The Morgan fingerprint density at radius 1 is 1.40 bits per heavy atom. The molecular formula is C12H13BrF3NO3. The summed E-state index contributed by atoms with van der Waals surface area (Å²) in [7, 11) is 0. The van der Waals surface area contributed by atoms with E-state index in [2.05, 4.69) is 26.0 Å². The lowest BCUT2D eigenvalue weighted by Gasteiger charge is -2.21. The van der Waals surface area contributed by atoms with Crippen molar-refractivity contribution in [2.75, 3.05) is 5.32 Å². The van der Waals surface area contributed by atoms with Gasteiger partial charge in [0.15, 0.2) is 5.75 Å². The van der Waals surface area contributed by atoms with Crippen LogP contribution in [-0.4, -0.2) is 23.5 Å². The molecule has 2 N–H and O–H groups in total. The first-order chi connectivity index (χ1) is 9.10. The van der Waals surface area contributed by atoms with Gasteiger partial charge < -0.3 is 15.2 Å². The average Bonchev–Trinajstić information content (AvgIpc) is 2.24. The van der Waals surface area contributed by atoms with Crippen LogP contribution in [0.4, 0.5) is 18.9 Å². The molecule has 1 aromatic carbocycles. The van der Waals surface area contributed by atoms with Gasteiger partial charge in [0.05, 0.1) is 5.69 Å². The van der Waals surface area contributed by atoms with Crippen molar-refractivity contribution in [2.45, 2.75) is 26.3 Å². The van der Waals surface area contributed by atoms with Crippen molar-refractivity contribution in [3.63, 3.8) is 0 Å². The second-order valence-electron chi connectivity index (χ2n) is 4.39. The van der Waals surface area contributed by atoms with Crippen LogP contribution in [0.1, 0.15) is 13.8 Å². The van der Waals surface area contributed by atoms with E-state index in [-0.39, 0.29) is 11.6 Å². The standard InChI is InChI=1S/C12H13BrF3NO3/c1-6(2)10(11(18)19)17-8-4-3-7(13)5-9(8)20-12(14,15)16/h3-6,10,17H,1-2H3,(H,18,19). The van der Waals surface area contributed by atoms with E-state index in [1.54, 1.807) is 13.8 Å². The van der Waals surface area contributed by atoms with Crippen LogP contribution in [0.15, 0.2) is 22.7 Å². The third kappa shape index (κ3) is 4.92. The fourth-order valence-electron chi connectivity index (χ4n) is 1.51. The molecule has 20 heavy (non-hydrogen) atoms. The van der Waals surface area contributed by atoms with Gasteiger partial charge >= 0.3 is 12.3 Å². The van der Waals surface area contributed by atoms with Crippen LogP contribution >= 0.6 is 15.9 Å². The summed E-state index contributed by atoms with van der Waals surface area (Å²) < 4.78 is 41.3. The molecule has 1 atom stereocenters. The molecule has 0 aliphatic carbocycles. The van der Waals surface area contributed by atoms with Crippen LogP contribution < -0.4 is 10.1 Å². The topological polar surface area (TPSA) is 58.6 Å². The lowest BCUT2D eigenvalue weighted by molar-refractivity contribution is -0.274. The van der Waals surface area contributed by atoms with Crippen molar-refractivity contribution >= 4 is 27.6 Å². The number of halogens is 4. The molecule has 0 aliphatic rings. The van der Waals surface area contributed by atoms with Crippen molar-refractivity contribution in [2.24, 2.45) is 5.92 Å². The third-order valence-electron chi connectivity index (χ3n) is 2.41. The van der Waals surface area contributed by atoms with E-state index >= 15 is 0 Å². The van der Waals surface area contributed by atoms with Crippen LogP contribution in [0.25, 0.3) is 0 Å². The van der Waals surface area contributed by atoms with Gasteiger partial charge in [-0.2, -0.15) is 0 Å². The number of aliphatic carboxylic acids is 1. The molecule has 0 aromatic heterocycles. The minimum Gasteiger partial charge on any atom is -0.480 e. The number of carboxylic acid groups (broad SMARTS) is 1. The van der Waals surface area contributed by atoms with Crippen LogP contribution in [0, 0.1) is 5.92 Å². The highest BCUT2D eigenvalue weighted by molar-refractivity contribution is 9.10. The summed E-state index contributed by atoms with van der Waals surface area (Å²) in [6.45, 7) is 3.30. The highest BCUT2D eigenvalue weighted by atomic mass is 79.9. The molecular weight excluding hydrogens is 343 g/mol. The molecule has 8 heteroatoms. The van der Waals surface area contributed by atoms with E-state index in [9.17, 15) is 18.0 Å². The summed E-state index contributed by atoms with van der Waals surface area (Å²) in [6, 6.07) is 2.91. The predicted molar refractivity (Wildman–Crippen MR) is 70.7 cm³/mol. The average molecular weight is 356 g/mol. The zero-order valence-corrected chi connectivity index (χ0v) is 12.2. The van der Waals surface area contributed by atoms with Crippen LogP contribution in [0.5, 0.6) is 5.75 Å². The molecule has 0 bridgehead atoms. The number of rotatable bonds is 5. The first-order valence-corrected chi connectivity index (χ1v) is 6.44. The highest BCUT2D eigenvalue weighted by Gasteiger charge is 2.33. The summed E-state index contributed by atoms with van der Waals surface area (Å²) >= 11 is 3.04. The van der Waals surface area contributed by atoms with Gasteiger partial charge in [-0.25, -0.2) is 4.79 Å². The van der Waals surface area contributed by atoms with E-state index in [1.165, 1.54) is 12.1 Å².